The summed E-state index contributed by atoms with van der Waals surface area (Å²) in [5, 5.41) is 0. The summed E-state index contributed by atoms with van der Waals surface area (Å²) < 4.78 is 11.4. The fourth-order valence-electron chi connectivity index (χ4n) is 5.81. The van der Waals surface area contributed by atoms with Gasteiger partial charge in [0.15, 0.2) is 0 Å². The Morgan fingerprint density at radius 3 is 2.74 bits per heavy atom. The number of morpholine rings is 1. The third-order valence-electron chi connectivity index (χ3n) is 7.38. The summed E-state index contributed by atoms with van der Waals surface area (Å²) in [6.45, 7) is 10.7. The van der Waals surface area contributed by atoms with E-state index in [1.54, 1.807) is 0 Å². The van der Waals surface area contributed by atoms with Crippen LogP contribution in [0.3, 0.4) is 0 Å². The lowest BCUT2D eigenvalue weighted by Crippen LogP contribution is -2.56. The summed E-state index contributed by atoms with van der Waals surface area (Å²) in [6, 6.07) is 9.60. The van der Waals surface area contributed by atoms with Crippen molar-refractivity contribution in [3.63, 3.8) is 0 Å². The normalized spacial score (nSPS) is 33.0. The van der Waals surface area contributed by atoms with Crippen LogP contribution in [0.2, 0.25) is 0 Å². The first-order chi connectivity index (χ1) is 13.2. The molecular weight excluding hydrogens is 336 g/mol. The second-order valence-corrected chi connectivity index (χ2v) is 8.99. The highest BCUT2D eigenvalue weighted by Gasteiger charge is 2.47. The highest BCUT2D eigenvalue weighted by molar-refractivity contribution is 5.25. The minimum atomic E-state index is 0.346. The molecule has 1 saturated carbocycles. The number of aryl methyl sites for hydroxylation is 1. The van der Waals surface area contributed by atoms with Crippen molar-refractivity contribution in [3.8, 4) is 0 Å². The van der Waals surface area contributed by atoms with E-state index in [-0.39, 0.29) is 0 Å². The number of piperidine rings is 1. The zero-order valence-corrected chi connectivity index (χ0v) is 17.2. The first-order valence-corrected chi connectivity index (χ1v) is 10.8. The van der Waals surface area contributed by atoms with Crippen LogP contribution in [-0.4, -0.2) is 69.0 Å². The molecule has 4 rings (SSSR count). The van der Waals surface area contributed by atoms with Gasteiger partial charge in [-0.15, -0.1) is 0 Å². The van der Waals surface area contributed by atoms with Gasteiger partial charge in [-0.3, -0.25) is 9.80 Å². The lowest BCUT2D eigenvalue weighted by molar-refractivity contribution is -0.0871. The molecule has 0 radical (unpaired) electrons. The molecule has 2 aliphatic heterocycles. The molecule has 0 aromatic heterocycles. The predicted octanol–water partition coefficient (Wildman–Crippen LogP) is 3.33. The molecule has 1 aromatic carbocycles. The fourth-order valence-corrected chi connectivity index (χ4v) is 5.81. The highest BCUT2D eigenvalue weighted by Crippen LogP contribution is 2.48. The standard InChI is InChI=1S/C23H36N2O2/c1-19-5-3-4-6-20(19)16-24-10-8-21-15-22(25-11-13-27-14-12-25)7-9-23(21,17-24)18-26-2/h3-6,21-22H,7-18H2,1-2H3/t21-,22-,23+/m0/s1. The van der Waals surface area contributed by atoms with Crippen LogP contribution in [-0.2, 0) is 16.0 Å². The molecule has 0 unspecified atom stereocenters. The number of hydrogen-bond acceptors (Lipinski definition) is 4. The van der Waals surface area contributed by atoms with Gasteiger partial charge in [-0.2, -0.15) is 0 Å². The number of rotatable bonds is 5. The molecular formula is C23H36N2O2. The average Bonchev–Trinajstić information content (AvgIpc) is 2.70. The number of fused-ring (bicyclic) bond motifs is 1. The summed E-state index contributed by atoms with van der Waals surface area (Å²) in [6.07, 6.45) is 5.29. The van der Waals surface area contributed by atoms with Crippen LogP contribution in [0.1, 0.15) is 36.8 Å². The first-order valence-electron chi connectivity index (χ1n) is 10.8. The van der Waals surface area contributed by atoms with Crippen molar-refractivity contribution < 1.29 is 9.47 Å². The molecule has 4 nitrogen and oxygen atoms in total. The zero-order valence-electron chi connectivity index (χ0n) is 17.2. The Balaban J connectivity index is 1.43. The molecule has 0 spiro atoms. The Morgan fingerprint density at radius 2 is 1.96 bits per heavy atom. The van der Waals surface area contributed by atoms with E-state index in [2.05, 4.69) is 41.0 Å². The minimum absolute atomic E-state index is 0.346. The van der Waals surface area contributed by atoms with Gasteiger partial charge in [0.05, 0.1) is 19.8 Å². The molecule has 1 aliphatic carbocycles. The van der Waals surface area contributed by atoms with E-state index in [0.29, 0.717) is 5.41 Å². The van der Waals surface area contributed by atoms with Crippen LogP contribution in [0.25, 0.3) is 0 Å². The van der Waals surface area contributed by atoms with Crippen LogP contribution in [0.4, 0.5) is 0 Å². The van der Waals surface area contributed by atoms with Gasteiger partial charge in [0.25, 0.3) is 0 Å². The van der Waals surface area contributed by atoms with Gasteiger partial charge < -0.3 is 9.47 Å². The molecule has 0 amide bonds. The van der Waals surface area contributed by atoms with Crippen molar-refractivity contribution >= 4 is 0 Å². The summed E-state index contributed by atoms with van der Waals surface area (Å²) in [4.78, 5) is 5.38. The topological polar surface area (TPSA) is 24.9 Å². The highest BCUT2D eigenvalue weighted by atomic mass is 16.5. The molecule has 3 atom stereocenters. The van der Waals surface area contributed by atoms with Gasteiger partial charge in [0, 0.05) is 44.7 Å². The maximum Gasteiger partial charge on any atom is 0.0594 e. The van der Waals surface area contributed by atoms with E-state index >= 15 is 0 Å². The molecule has 2 saturated heterocycles. The molecule has 27 heavy (non-hydrogen) atoms. The summed E-state index contributed by atoms with van der Waals surface area (Å²) in [5.41, 5.74) is 3.24. The monoisotopic (exact) mass is 372 g/mol. The molecule has 0 N–H and O–H groups in total. The van der Waals surface area contributed by atoms with Crippen molar-refractivity contribution in [1.82, 2.24) is 9.80 Å². The van der Waals surface area contributed by atoms with Crippen molar-refractivity contribution in [3.05, 3.63) is 35.4 Å². The number of benzene rings is 1. The number of nitrogens with zero attached hydrogens (tertiary/aromatic N) is 2. The smallest absolute Gasteiger partial charge is 0.0594 e. The average molecular weight is 373 g/mol. The van der Waals surface area contributed by atoms with Gasteiger partial charge in [0.1, 0.15) is 0 Å². The van der Waals surface area contributed by atoms with Crippen molar-refractivity contribution in [1.29, 1.82) is 0 Å². The van der Waals surface area contributed by atoms with Gasteiger partial charge in [0.2, 0.25) is 0 Å². The van der Waals surface area contributed by atoms with Gasteiger partial charge in [-0.05, 0) is 56.2 Å². The number of likely N-dealkylation sites (tertiary alicyclic amines) is 1. The molecule has 150 valence electrons. The van der Waals surface area contributed by atoms with Crippen molar-refractivity contribution in [2.75, 3.05) is 53.1 Å². The van der Waals surface area contributed by atoms with Crippen LogP contribution in [0.15, 0.2) is 24.3 Å². The van der Waals surface area contributed by atoms with Gasteiger partial charge >= 0.3 is 0 Å². The predicted molar refractivity (Wildman–Crippen MR) is 109 cm³/mol. The second-order valence-electron chi connectivity index (χ2n) is 8.99. The van der Waals surface area contributed by atoms with Crippen LogP contribution in [0.5, 0.6) is 0 Å². The zero-order chi connectivity index (χ0) is 18.7. The maximum absolute atomic E-state index is 5.78. The lowest BCUT2D eigenvalue weighted by atomic mass is 9.61. The first kappa shape index (κ1) is 19.4. The summed E-state index contributed by atoms with van der Waals surface area (Å²) >= 11 is 0. The van der Waals surface area contributed by atoms with Crippen LogP contribution in [0, 0.1) is 18.3 Å². The number of hydrogen-bond donors (Lipinski definition) is 0. The molecule has 2 heterocycles. The Morgan fingerprint density at radius 1 is 1.15 bits per heavy atom. The third-order valence-corrected chi connectivity index (χ3v) is 7.38. The second kappa shape index (κ2) is 8.60. The molecule has 3 aliphatic rings. The Kier molecular flexibility index (Phi) is 6.18. The summed E-state index contributed by atoms with van der Waals surface area (Å²) in [5.74, 6) is 0.798. The Labute approximate surface area is 164 Å². The Bertz CT molecular complexity index is 616. The molecule has 1 aromatic rings. The summed E-state index contributed by atoms with van der Waals surface area (Å²) in [7, 11) is 1.89. The lowest BCUT2D eigenvalue weighted by Gasteiger charge is -2.54. The fraction of sp³-hybridized carbons (Fsp3) is 0.739. The quantitative estimate of drug-likeness (QED) is 0.791. The SMILES string of the molecule is COC[C@]12CC[C@H](N3CCOCC3)C[C@@H]1CCN(Cc1ccccc1C)C2. The minimum Gasteiger partial charge on any atom is -0.384 e. The largest absolute Gasteiger partial charge is 0.384 e. The van der Waals surface area contributed by atoms with E-state index in [1.807, 2.05) is 7.11 Å². The van der Waals surface area contributed by atoms with E-state index in [4.69, 9.17) is 9.47 Å². The Hall–Kier alpha value is -0.940. The van der Waals surface area contributed by atoms with Crippen LogP contribution < -0.4 is 0 Å². The van der Waals surface area contributed by atoms with E-state index in [0.717, 1.165) is 51.4 Å². The van der Waals surface area contributed by atoms with Crippen molar-refractivity contribution in [2.24, 2.45) is 11.3 Å². The van der Waals surface area contributed by atoms with Gasteiger partial charge in [-0.1, -0.05) is 24.3 Å². The molecule has 4 heteroatoms. The number of ether oxygens (including phenoxy) is 2. The molecule has 3 fully saturated rings. The van der Waals surface area contributed by atoms with E-state index < -0.39 is 0 Å². The number of methoxy groups -OCH3 is 1. The van der Waals surface area contributed by atoms with Crippen LogP contribution >= 0.6 is 0 Å². The maximum atomic E-state index is 5.78. The molecule has 0 bridgehead atoms. The van der Waals surface area contributed by atoms with E-state index in [1.165, 1.54) is 49.9 Å². The third kappa shape index (κ3) is 4.24. The van der Waals surface area contributed by atoms with Gasteiger partial charge in [-0.25, -0.2) is 0 Å². The van der Waals surface area contributed by atoms with Crippen molar-refractivity contribution in [2.45, 2.75) is 45.2 Å². The van der Waals surface area contributed by atoms with E-state index in [9.17, 15) is 0 Å².